The van der Waals surface area contributed by atoms with Gasteiger partial charge in [0, 0.05) is 58.3 Å². The van der Waals surface area contributed by atoms with Crippen LogP contribution in [0.1, 0.15) is 39.0 Å². The first-order chi connectivity index (χ1) is 12.2. The highest BCUT2D eigenvalue weighted by Crippen LogP contribution is 2.28. The Morgan fingerprint density at radius 1 is 0.920 bits per heavy atom. The summed E-state index contributed by atoms with van der Waals surface area (Å²) in [5.74, 6) is 1.95. The number of likely N-dealkylation sites (tertiary alicyclic amines) is 1. The largest absolute Gasteiger partial charge is 0.380 e. The number of methoxy groups -OCH3 is 1. The van der Waals surface area contributed by atoms with E-state index in [0.29, 0.717) is 30.1 Å². The van der Waals surface area contributed by atoms with Crippen LogP contribution in [0.15, 0.2) is 0 Å². The molecule has 0 aromatic rings. The van der Waals surface area contributed by atoms with Crippen molar-refractivity contribution in [2.24, 2.45) is 17.8 Å². The van der Waals surface area contributed by atoms with Crippen LogP contribution in [-0.4, -0.2) is 76.8 Å². The van der Waals surface area contributed by atoms with Gasteiger partial charge in [0.15, 0.2) is 0 Å². The molecule has 3 aliphatic rings. The zero-order valence-corrected chi connectivity index (χ0v) is 16.4. The van der Waals surface area contributed by atoms with Crippen molar-refractivity contribution in [3.05, 3.63) is 0 Å². The lowest BCUT2D eigenvalue weighted by molar-refractivity contribution is -0.00774. The van der Waals surface area contributed by atoms with Crippen molar-refractivity contribution in [3.8, 4) is 0 Å². The highest BCUT2D eigenvalue weighted by Gasteiger charge is 2.32. The minimum absolute atomic E-state index is 0.352. The molecule has 0 radical (unpaired) electrons. The van der Waals surface area contributed by atoms with Gasteiger partial charge in [-0.15, -0.1) is 0 Å². The maximum atomic E-state index is 6.26. The smallest absolute Gasteiger partial charge is 0.0740 e. The zero-order valence-electron chi connectivity index (χ0n) is 16.4. The van der Waals surface area contributed by atoms with Gasteiger partial charge >= 0.3 is 0 Å². The van der Waals surface area contributed by atoms with Crippen molar-refractivity contribution in [1.82, 2.24) is 10.2 Å². The Bertz CT molecular complexity index is 395. The molecule has 3 rings (SSSR count). The van der Waals surface area contributed by atoms with Gasteiger partial charge in [-0.1, -0.05) is 13.3 Å². The number of hydrogen-bond donors (Lipinski definition) is 1. The van der Waals surface area contributed by atoms with Crippen LogP contribution in [0.25, 0.3) is 0 Å². The first-order valence-electron chi connectivity index (χ1n) is 10.3. The number of rotatable bonds is 9. The van der Waals surface area contributed by atoms with Crippen molar-refractivity contribution >= 4 is 0 Å². The number of hydrogen-bond acceptors (Lipinski definition) is 5. The summed E-state index contributed by atoms with van der Waals surface area (Å²) in [5.41, 5.74) is 0. The number of ether oxygens (including phenoxy) is 3. The van der Waals surface area contributed by atoms with Crippen LogP contribution >= 0.6 is 0 Å². The molecule has 0 amide bonds. The molecule has 3 fully saturated rings. The predicted octanol–water partition coefficient (Wildman–Crippen LogP) is 2.15. The summed E-state index contributed by atoms with van der Waals surface area (Å²) in [4.78, 5) is 2.36. The number of nitrogens with one attached hydrogen (secondary N) is 1. The van der Waals surface area contributed by atoms with E-state index in [4.69, 9.17) is 14.2 Å². The summed E-state index contributed by atoms with van der Waals surface area (Å²) in [5, 5.41) is 3.50. The molecule has 5 heteroatoms. The van der Waals surface area contributed by atoms with Gasteiger partial charge in [-0.05, 0) is 38.6 Å². The molecule has 0 spiro atoms. The first kappa shape index (κ1) is 19.6. The molecule has 2 heterocycles. The van der Waals surface area contributed by atoms with E-state index >= 15 is 0 Å². The fourth-order valence-electron chi connectivity index (χ4n) is 4.89. The van der Waals surface area contributed by atoms with Gasteiger partial charge in [0.05, 0.1) is 18.3 Å². The third-order valence-corrected chi connectivity index (χ3v) is 6.57. The van der Waals surface area contributed by atoms with Crippen LogP contribution < -0.4 is 5.32 Å². The molecule has 6 atom stereocenters. The second-order valence-corrected chi connectivity index (χ2v) is 8.48. The highest BCUT2D eigenvalue weighted by atomic mass is 16.5. The third-order valence-electron chi connectivity index (χ3n) is 6.57. The maximum absolute atomic E-state index is 6.26. The van der Waals surface area contributed by atoms with E-state index in [9.17, 15) is 0 Å². The van der Waals surface area contributed by atoms with Crippen LogP contribution in [0.4, 0.5) is 0 Å². The van der Waals surface area contributed by atoms with E-state index in [2.05, 4.69) is 24.2 Å². The van der Waals surface area contributed by atoms with Crippen molar-refractivity contribution in [2.75, 3.05) is 53.6 Å². The van der Waals surface area contributed by atoms with Crippen molar-refractivity contribution in [3.63, 3.8) is 0 Å². The summed E-state index contributed by atoms with van der Waals surface area (Å²) < 4.78 is 18.0. The van der Waals surface area contributed by atoms with E-state index in [1.807, 2.05) is 7.11 Å². The first-order valence-corrected chi connectivity index (χ1v) is 10.3. The van der Waals surface area contributed by atoms with Crippen LogP contribution in [0, 0.1) is 17.8 Å². The Labute approximate surface area is 153 Å². The van der Waals surface area contributed by atoms with E-state index in [-0.39, 0.29) is 0 Å². The molecule has 146 valence electrons. The third kappa shape index (κ3) is 5.39. The molecule has 0 bridgehead atoms. The summed E-state index contributed by atoms with van der Waals surface area (Å²) >= 11 is 0. The van der Waals surface area contributed by atoms with Crippen molar-refractivity contribution in [2.45, 2.75) is 57.3 Å². The van der Waals surface area contributed by atoms with Gasteiger partial charge in [-0.25, -0.2) is 0 Å². The molecule has 0 aromatic carbocycles. The maximum Gasteiger partial charge on any atom is 0.0740 e. The van der Waals surface area contributed by atoms with Gasteiger partial charge in [-0.3, -0.25) is 0 Å². The molecule has 1 aliphatic carbocycles. The lowest BCUT2D eigenvalue weighted by Gasteiger charge is -2.23. The predicted molar refractivity (Wildman–Crippen MR) is 99.9 cm³/mol. The number of likely N-dealkylation sites (N-methyl/N-ethyl adjacent to an activating group) is 1. The molecule has 1 saturated carbocycles. The minimum atomic E-state index is 0.352. The average Bonchev–Trinajstić information content (AvgIpc) is 3.29. The van der Waals surface area contributed by atoms with Gasteiger partial charge in [-0.2, -0.15) is 0 Å². The zero-order chi connectivity index (χ0) is 17.6. The summed E-state index contributed by atoms with van der Waals surface area (Å²) in [6.07, 6.45) is 7.36. The fraction of sp³-hybridized carbons (Fsp3) is 1.00. The Balaban J connectivity index is 1.33. The Morgan fingerprint density at radius 3 is 2.40 bits per heavy atom. The SMILES string of the molecule is CO[C@H]1CN(C)CC1CCO[C@H]1CNC[C@H]1CCO[C@H]1CCCC1C. The summed E-state index contributed by atoms with van der Waals surface area (Å²) in [7, 11) is 4.01. The second kappa shape index (κ2) is 9.65. The fourth-order valence-corrected chi connectivity index (χ4v) is 4.89. The summed E-state index contributed by atoms with van der Waals surface area (Å²) in [6, 6.07) is 0. The van der Waals surface area contributed by atoms with Crippen LogP contribution in [0.3, 0.4) is 0 Å². The topological polar surface area (TPSA) is 43.0 Å². The molecule has 2 unspecified atom stereocenters. The Morgan fingerprint density at radius 2 is 1.68 bits per heavy atom. The second-order valence-electron chi connectivity index (χ2n) is 8.48. The van der Waals surface area contributed by atoms with Crippen molar-refractivity contribution in [1.29, 1.82) is 0 Å². The standard InChI is InChI=1S/C20H38N2O3/c1-15-5-4-6-18(15)24-9-7-16-11-21-12-19(16)25-10-8-17-13-22(2)14-20(17)23-3/h15-21H,4-14H2,1-3H3/t15?,16-,17?,18+,19+,20+/m1/s1. The van der Waals surface area contributed by atoms with E-state index < -0.39 is 0 Å². The molecule has 1 N–H and O–H groups in total. The van der Waals surface area contributed by atoms with Gasteiger partial charge in [0.25, 0.3) is 0 Å². The van der Waals surface area contributed by atoms with E-state index in [1.54, 1.807) is 0 Å². The van der Waals surface area contributed by atoms with E-state index in [1.165, 1.54) is 19.3 Å². The Kier molecular flexibility index (Phi) is 7.55. The molecular formula is C20H38N2O3. The highest BCUT2D eigenvalue weighted by molar-refractivity contribution is 4.85. The van der Waals surface area contributed by atoms with Crippen LogP contribution in [0.2, 0.25) is 0 Å². The molecule has 2 aliphatic heterocycles. The van der Waals surface area contributed by atoms with Gasteiger partial charge < -0.3 is 24.4 Å². The summed E-state index contributed by atoms with van der Waals surface area (Å²) in [6.45, 7) is 8.30. The lowest BCUT2D eigenvalue weighted by atomic mass is 10.0. The lowest BCUT2D eigenvalue weighted by Crippen LogP contribution is -2.28. The van der Waals surface area contributed by atoms with Crippen LogP contribution in [0.5, 0.6) is 0 Å². The van der Waals surface area contributed by atoms with Gasteiger partial charge in [0.2, 0.25) is 0 Å². The molecule has 25 heavy (non-hydrogen) atoms. The average molecular weight is 355 g/mol. The molecule has 0 aromatic heterocycles. The van der Waals surface area contributed by atoms with Gasteiger partial charge in [0.1, 0.15) is 0 Å². The van der Waals surface area contributed by atoms with Crippen molar-refractivity contribution < 1.29 is 14.2 Å². The normalized spacial score (nSPS) is 39.5. The van der Waals surface area contributed by atoms with Crippen LogP contribution in [-0.2, 0) is 14.2 Å². The minimum Gasteiger partial charge on any atom is -0.380 e. The molecule has 2 saturated heterocycles. The molecular weight excluding hydrogens is 316 g/mol. The Hall–Kier alpha value is -0.200. The quantitative estimate of drug-likeness (QED) is 0.687. The van der Waals surface area contributed by atoms with E-state index in [0.717, 1.165) is 58.2 Å². The monoisotopic (exact) mass is 354 g/mol. The number of nitrogens with zero attached hydrogens (tertiary/aromatic N) is 1. The molecule has 5 nitrogen and oxygen atoms in total.